The quantitative estimate of drug-likeness (QED) is 0.847. The van der Waals surface area contributed by atoms with Crippen molar-refractivity contribution in [2.24, 2.45) is 5.73 Å². The molecule has 0 aromatic heterocycles. The van der Waals surface area contributed by atoms with E-state index in [1.165, 1.54) is 12.1 Å². The second-order valence-corrected chi connectivity index (χ2v) is 3.24. The zero-order chi connectivity index (χ0) is 11.5. The fourth-order valence-corrected chi connectivity index (χ4v) is 1.33. The van der Waals surface area contributed by atoms with Gasteiger partial charge < -0.3 is 10.5 Å². The molecule has 2 N–H and O–H groups in total. The highest BCUT2D eigenvalue weighted by atomic mass is 19.4. The second kappa shape index (κ2) is 4.53. The molecule has 0 unspecified atom stereocenters. The molecule has 2 nitrogen and oxygen atoms in total. The maximum atomic E-state index is 11.9. The number of halogens is 3. The minimum absolute atomic E-state index is 0.189. The van der Waals surface area contributed by atoms with Crippen LogP contribution in [0.15, 0.2) is 18.2 Å². The summed E-state index contributed by atoms with van der Waals surface area (Å²) in [4.78, 5) is 0. The van der Waals surface area contributed by atoms with Gasteiger partial charge in [-0.1, -0.05) is 6.07 Å². The number of aryl methyl sites for hydroxylation is 1. The Morgan fingerprint density at radius 2 is 1.93 bits per heavy atom. The zero-order valence-corrected chi connectivity index (χ0v) is 8.27. The van der Waals surface area contributed by atoms with Crippen LogP contribution < -0.4 is 10.5 Å². The Balaban J connectivity index is 2.88. The lowest BCUT2D eigenvalue weighted by molar-refractivity contribution is -0.274. The van der Waals surface area contributed by atoms with Crippen molar-refractivity contribution in [3.05, 3.63) is 29.3 Å². The van der Waals surface area contributed by atoms with E-state index in [1.807, 2.05) is 0 Å². The van der Waals surface area contributed by atoms with Gasteiger partial charge in [0.2, 0.25) is 0 Å². The van der Waals surface area contributed by atoms with Gasteiger partial charge in [0, 0.05) is 0 Å². The summed E-state index contributed by atoms with van der Waals surface area (Å²) in [6, 6.07) is 4.48. The summed E-state index contributed by atoms with van der Waals surface area (Å²) in [5.74, 6) is -0.189. The first-order valence-corrected chi connectivity index (χ1v) is 4.47. The molecule has 0 aliphatic rings. The van der Waals surface area contributed by atoms with Crippen LogP contribution >= 0.6 is 0 Å². The van der Waals surface area contributed by atoms with Crippen LogP contribution in [0.2, 0.25) is 0 Å². The summed E-state index contributed by atoms with van der Waals surface area (Å²) < 4.78 is 39.7. The first-order valence-electron chi connectivity index (χ1n) is 4.47. The molecular formula is C10H12F3NO. The van der Waals surface area contributed by atoms with Crippen molar-refractivity contribution in [2.75, 3.05) is 6.54 Å². The van der Waals surface area contributed by atoms with Gasteiger partial charge in [-0.2, -0.15) is 0 Å². The van der Waals surface area contributed by atoms with Crippen molar-refractivity contribution in [2.45, 2.75) is 19.7 Å². The molecule has 0 spiro atoms. The lowest BCUT2D eigenvalue weighted by Crippen LogP contribution is -2.17. The Morgan fingerprint density at radius 1 is 1.27 bits per heavy atom. The fourth-order valence-electron chi connectivity index (χ4n) is 1.33. The van der Waals surface area contributed by atoms with Crippen LogP contribution in [0.1, 0.15) is 11.1 Å². The van der Waals surface area contributed by atoms with Gasteiger partial charge in [0.15, 0.2) is 0 Å². The summed E-state index contributed by atoms with van der Waals surface area (Å²) in [5.41, 5.74) is 6.79. The first kappa shape index (κ1) is 11.8. The van der Waals surface area contributed by atoms with E-state index in [4.69, 9.17) is 5.73 Å². The minimum Gasteiger partial charge on any atom is -0.406 e. The summed E-state index contributed by atoms with van der Waals surface area (Å²) in [6.45, 7) is 2.11. The van der Waals surface area contributed by atoms with Crippen LogP contribution in [-0.4, -0.2) is 12.9 Å². The third-order valence-corrected chi connectivity index (χ3v) is 1.78. The molecular weight excluding hydrogens is 207 g/mol. The monoisotopic (exact) mass is 219 g/mol. The number of ether oxygens (including phenoxy) is 1. The Bertz CT molecular complexity index is 336. The standard InChI is InChI=1S/C10H12F3NO/c1-7-4-8(2-3-14)6-9(5-7)15-10(11,12)13/h4-6H,2-3,14H2,1H3. The van der Waals surface area contributed by atoms with Gasteiger partial charge in [-0.3, -0.25) is 0 Å². The average molecular weight is 219 g/mol. The number of hydrogen-bond donors (Lipinski definition) is 1. The van der Waals surface area contributed by atoms with Crippen molar-refractivity contribution in [1.82, 2.24) is 0 Å². The molecule has 0 heterocycles. The van der Waals surface area contributed by atoms with E-state index >= 15 is 0 Å². The molecule has 84 valence electrons. The highest BCUT2D eigenvalue weighted by Gasteiger charge is 2.31. The van der Waals surface area contributed by atoms with Crippen LogP contribution in [0.5, 0.6) is 5.75 Å². The van der Waals surface area contributed by atoms with Gasteiger partial charge in [0.25, 0.3) is 0 Å². The van der Waals surface area contributed by atoms with E-state index in [0.29, 0.717) is 13.0 Å². The van der Waals surface area contributed by atoms with Crippen molar-refractivity contribution in [1.29, 1.82) is 0 Å². The molecule has 0 radical (unpaired) electrons. The van der Waals surface area contributed by atoms with E-state index in [-0.39, 0.29) is 5.75 Å². The first-order chi connectivity index (χ1) is 6.90. The number of alkyl halides is 3. The average Bonchev–Trinajstić information content (AvgIpc) is 1.99. The van der Waals surface area contributed by atoms with E-state index in [1.54, 1.807) is 13.0 Å². The zero-order valence-electron chi connectivity index (χ0n) is 8.27. The van der Waals surface area contributed by atoms with Crippen LogP contribution in [-0.2, 0) is 6.42 Å². The molecule has 0 fully saturated rings. The Labute approximate surface area is 85.8 Å². The number of nitrogens with two attached hydrogens (primary N) is 1. The lowest BCUT2D eigenvalue weighted by atomic mass is 10.1. The van der Waals surface area contributed by atoms with E-state index in [0.717, 1.165) is 11.1 Å². The summed E-state index contributed by atoms with van der Waals surface area (Å²) >= 11 is 0. The number of rotatable bonds is 3. The van der Waals surface area contributed by atoms with Crippen LogP contribution in [0.3, 0.4) is 0 Å². The van der Waals surface area contributed by atoms with Gasteiger partial charge in [-0.05, 0) is 43.1 Å². The van der Waals surface area contributed by atoms with Gasteiger partial charge in [-0.15, -0.1) is 13.2 Å². The molecule has 0 saturated heterocycles. The van der Waals surface area contributed by atoms with Gasteiger partial charge >= 0.3 is 6.36 Å². The molecule has 5 heteroatoms. The SMILES string of the molecule is Cc1cc(CCN)cc(OC(F)(F)F)c1. The summed E-state index contributed by atoms with van der Waals surface area (Å²) in [6.07, 6.45) is -4.11. The van der Waals surface area contributed by atoms with Crippen LogP contribution in [0.25, 0.3) is 0 Å². The molecule has 0 atom stereocenters. The van der Waals surface area contributed by atoms with Crippen LogP contribution in [0, 0.1) is 6.92 Å². The highest BCUT2D eigenvalue weighted by molar-refractivity contribution is 5.34. The lowest BCUT2D eigenvalue weighted by Gasteiger charge is -2.11. The number of benzene rings is 1. The van der Waals surface area contributed by atoms with Crippen molar-refractivity contribution < 1.29 is 17.9 Å². The summed E-state index contributed by atoms with van der Waals surface area (Å²) in [5, 5.41) is 0. The van der Waals surface area contributed by atoms with Crippen LogP contribution in [0.4, 0.5) is 13.2 Å². The number of hydrogen-bond acceptors (Lipinski definition) is 2. The Hall–Kier alpha value is -1.23. The molecule has 1 aromatic rings. The van der Waals surface area contributed by atoms with Crippen molar-refractivity contribution in [3.63, 3.8) is 0 Å². The van der Waals surface area contributed by atoms with Crippen molar-refractivity contribution >= 4 is 0 Å². The topological polar surface area (TPSA) is 35.2 Å². The predicted molar refractivity (Wildman–Crippen MR) is 50.6 cm³/mol. The molecule has 1 rings (SSSR count). The molecule has 1 aromatic carbocycles. The Morgan fingerprint density at radius 3 is 2.47 bits per heavy atom. The van der Waals surface area contributed by atoms with E-state index in [9.17, 15) is 13.2 Å². The molecule has 0 aliphatic heterocycles. The molecule has 0 amide bonds. The van der Waals surface area contributed by atoms with E-state index in [2.05, 4.69) is 4.74 Å². The third kappa shape index (κ3) is 4.20. The Kier molecular flexibility index (Phi) is 3.57. The largest absolute Gasteiger partial charge is 0.573 e. The van der Waals surface area contributed by atoms with Gasteiger partial charge in [0.1, 0.15) is 5.75 Å². The normalized spacial score (nSPS) is 11.5. The van der Waals surface area contributed by atoms with E-state index < -0.39 is 6.36 Å². The maximum Gasteiger partial charge on any atom is 0.573 e. The van der Waals surface area contributed by atoms with Gasteiger partial charge in [0.05, 0.1) is 0 Å². The molecule has 0 saturated carbocycles. The molecule has 15 heavy (non-hydrogen) atoms. The predicted octanol–water partition coefficient (Wildman–Crippen LogP) is 2.39. The maximum absolute atomic E-state index is 11.9. The minimum atomic E-state index is -4.65. The molecule has 0 aliphatic carbocycles. The van der Waals surface area contributed by atoms with Crippen molar-refractivity contribution in [3.8, 4) is 5.75 Å². The fraction of sp³-hybridized carbons (Fsp3) is 0.400. The smallest absolute Gasteiger partial charge is 0.406 e. The highest BCUT2D eigenvalue weighted by Crippen LogP contribution is 2.24. The summed E-state index contributed by atoms with van der Waals surface area (Å²) in [7, 11) is 0. The molecule has 0 bridgehead atoms. The second-order valence-electron chi connectivity index (χ2n) is 3.24. The van der Waals surface area contributed by atoms with Gasteiger partial charge in [-0.25, -0.2) is 0 Å². The third-order valence-electron chi connectivity index (χ3n) is 1.78.